The van der Waals surface area contributed by atoms with Gasteiger partial charge in [0.05, 0.1) is 23.4 Å². The van der Waals surface area contributed by atoms with Crippen molar-refractivity contribution < 1.29 is 38.7 Å². The monoisotopic (exact) mass is 585 g/mol. The summed E-state index contributed by atoms with van der Waals surface area (Å²) in [5.41, 5.74) is 5.56. The normalized spacial score (nSPS) is 19.3. The molecule has 2 aliphatic rings. The number of H-pyrrole nitrogens is 1. The summed E-state index contributed by atoms with van der Waals surface area (Å²) in [5.74, 6) is -4.03. The molecular formula is C24H23N7O7S2. The first kappa shape index (κ1) is 27.1. The molecule has 2 atom stereocenters. The van der Waals surface area contributed by atoms with Crippen molar-refractivity contribution in [1.29, 1.82) is 0 Å². The van der Waals surface area contributed by atoms with Gasteiger partial charge < -0.3 is 30.9 Å². The van der Waals surface area contributed by atoms with Crippen molar-refractivity contribution in [1.82, 2.24) is 20.3 Å². The second-order valence-corrected chi connectivity index (χ2v) is 11.4. The van der Waals surface area contributed by atoms with Crippen LogP contribution < -0.4 is 20.7 Å². The molecule has 0 spiro atoms. The van der Waals surface area contributed by atoms with E-state index in [4.69, 9.17) is 10.6 Å². The number of rotatable bonds is 9. The second-order valence-electron chi connectivity index (χ2n) is 9.45. The average Bonchev–Trinajstić information content (AvgIpc) is 3.53. The number of nitrogens with one attached hydrogen (secondary N) is 2. The molecule has 3 aromatic heterocycles. The smallest absolute Gasteiger partial charge is 0.350 e. The van der Waals surface area contributed by atoms with Gasteiger partial charge >= 0.3 is 5.97 Å². The molecular weight excluding hydrogens is 562 g/mol. The third-order valence-electron chi connectivity index (χ3n) is 6.36. The Kier molecular flexibility index (Phi) is 6.97. The molecule has 0 saturated carbocycles. The van der Waals surface area contributed by atoms with E-state index < -0.39 is 40.8 Å². The molecule has 0 aliphatic carbocycles. The zero-order chi connectivity index (χ0) is 28.8. The summed E-state index contributed by atoms with van der Waals surface area (Å²) in [6.45, 7) is 2.49. The molecule has 0 unspecified atom stereocenters. The van der Waals surface area contributed by atoms with Crippen LogP contribution in [0.3, 0.4) is 0 Å². The number of hydrogen-bond donors (Lipinski definition) is 4. The van der Waals surface area contributed by atoms with Crippen molar-refractivity contribution in [3.63, 3.8) is 0 Å². The van der Waals surface area contributed by atoms with Gasteiger partial charge in [-0.15, -0.1) is 23.1 Å². The highest BCUT2D eigenvalue weighted by Gasteiger charge is 2.53. The Morgan fingerprint density at radius 2 is 2.17 bits per heavy atom. The number of aromatic nitrogens is 3. The first-order valence-corrected chi connectivity index (χ1v) is 13.8. The number of carbonyl (C=O) groups is 4. The molecule has 5 heterocycles. The van der Waals surface area contributed by atoms with E-state index in [-0.39, 0.29) is 34.4 Å². The zero-order valence-electron chi connectivity index (χ0n) is 21.1. The van der Waals surface area contributed by atoms with Gasteiger partial charge in [-0.1, -0.05) is 9.67 Å². The number of oxime groups is 1. The first-order valence-electron chi connectivity index (χ1n) is 11.8. The molecule has 5 rings (SSSR count). The van der Waals surface area contributed by atoms with E-state index in [1.807, 2.05) is 24.4 Å². The van der Waals surface area contributed by atoms with E-state index in [0.717, 1.165) is 27.3 Å². The number of nitrogens with zero attached hydrogens (tertiary/aromatic N) is 4. The van der Waals surface area contributed by atoms with Crippen LogP contribution in [-0.4, -0.2) is 72.3 Å². The minimum absolute atomic E-state index is 0.0234. The minimum atomic E-state index is -1.76. The zero-order valence-corrected chi connectivity index (χ0v) is 22.7. The maximum atomic E-state index is 13.2. The SMILES string of the molecule is CC(C)(O/N=C(\C(=O)N[C@@H]1C(=O)N2C(C(=O)[O-])=C(Cc3c[nH][n+]4ccccc34)CS[C@@H]12)c1csc(N)n1)C(=O)O. The van der Waals surface area contributed by atoms with Crippen LogP contribution in [-0.2, 0) is 30.4 Å². The molecule has 5 N–H and O–H groups in total. The molecule has 1 fully saturated rings. The van der Waals surface area contributed by atoms with Gasteiger partial charge in [-0.2, -0.15) is 5.10 Å². The van der Waals surface area contributed by atoms with Crippen molar-refractivity contribution in [2.24, 2.45) is 5.16 Å². The number of thioether (sulfide) groups is 1. The van der Waals surface area contributed by atoms with Crippen LogP contribution in [0.2, 0.25) is 0 Å². The minimum Gasteiger partial charge on any atom is -0.543 e. The maximum Gasteiger partial charge on any atom is 0.350 e. The Balaban J connectivity index is 1.37. The summed E-state index contributed by atoms with van der Waals surface area (Å²) in [6, 6.07) is 4.53. The van der Waals surface area contributed by atoms with E-state index in [0.29, 0.717) is 5.57 Å². The molecule has 0 bridgehead atoms. The lowest BCUT2D eigenvalue weighted by molar-refractivity contribution is -0.576. The van der Waals surface area contributed by atoms with Crippen molar-refractivity contribution in [3.05, 3.63) is 58.5 Å². The second kappa shape index (κ2) is 10.3. The van der Waals surface area contributed by atoms with Crippen LogP contribution in [0, 0.1) is 0 Å². The summed E-state index contributed by atoms with van der Waals surface area (Å²) in [7, 11) is 0. The molecule has 2 aliphatic heterocycles. The Labute approximate surface area is 234 Å². The van der Waals surface area contributed by atoms with E-state index in [9.17, 15) is 29.4 Å². The number of β-lactam (4-membered cyclic amide) rings is 1. The Morgan fingerprint density at radius 3 is 2.85 bits per heavy atom. The number of nitrogen functional groups attached to an aromatic ring is 1. The largest absolute Gasteiger partial charge is 0.543 e. The van der Waals surface area contributed by atoms with Crippen LogP contribution in [0.5, 0.6) is 0 Å². The van der Waals surface area contributed by atoms with E-state index >= 15 is 0 Å². The number of aromatic amines is 1. The fraction of sp³-hybridized carbons (Fsp3) is 0.292. The van der Waals surface area contributed by atoms with Gasteiger partial charge in [0.1, 0.15) is 17.1 Å². The van der Waals surface area contributed by atoms with Crippen LogP contribution in [0.4, 0.5) is 5.13 Å². The lowest BCUT2D eigenvalue weighted by atomic mass is 9.99. The molecule has 0 aromatic carbocycles. The first-order chi connectivity index (χ1) is 19.0. The van der Waals surface area contributed by atoms with Crippen molar-refractivity contribution in [2.45, 2.75) is 37.3 Å². The van der Waals surface area contributed by atoms with E-state index in [1.54, 1.807) is 10.7 Å². The number of carbonyl (C=O) groups excluding carboxylic acids is 3. The molecule has 2 amide bonds. The number of pyridine rings is 1. The molecule has 16 heteroatoms. The van der Waals surface area contributed by atoms with Gasteiger partial charge in [0, 0.05) is 29.7 Å². The molecule has 3 aromatic rings. The number of aliphatic carboxylic acids is 2. The number of anilines is 1. The van der Waals surface area contributed by atoms with Crippen LogP contribution in [0.1, 0.15) is 25.1 Å². The van der Waals surface area contributed by atoms with Crippen LogP contribution >= 0.6 is 23.1 Å². The van der Waals surface area contributed by atoms with E-state index in [2.05, 4.69) is 20.6 Å². The third kappa shape index (κ3) is 4.86. The van der Waals surface area contributed by atoms with Crippen molar-refractivity contribution >= 4 is 63.2 Å². The predicted octanol–water partition coefficient (Wildman–Crippen LogP) is -0.977. The number of carboxylic acid groups (broad SMARTS) is 2. The Hall–Kier alpha value is -4.44. The quantitative estimate of drug-likeness (QED) is 0.104. The molecule has 14 nitrogen and oxygen atoms in total. The van der Waals surface area contributed by atoms with Gasteiger partial charge in [-0.3, -0.25) is 14.5 Å². The maximum absolute atomic E-state index is 13.2. The highest BCUT2D eigenvalue weighted by molar-refractivity contribution is 8.00. The average molecular weight is 586 g/mol. The highest BCUT2D eigenvalue weighted by Crippen LogP contribution is 2.41. The van der Waals surface area contributed by atoms with Crippen LogP contribution in [0.15, 0.2) is 52.4 Å². The Bertz CT molecular complexity index is 1610. The van der Waals surface area contributed by atoms with Gasteiger partial charge in [-0.05, 0) is 25.5 Å². The van der Waals surface area contributed by atoms with Gasteiger partial charge in [0.25, 0.3) is 11.8 Å². The summed E-state index contributed by atoms with van der Waals surface area (Å²) in [6.07, 6.45) is 3.88. The summed E-state index contributed by atoms with van der Waals surface area (Å²) < 4.78 is 1.80. The molecule has 0 radical (unpaired) electrons. The summed E-state index contributed by atoms with van der Waals surface area (Å²) in [4.78, 5) is 60.2. The standard InChI is InChI=1S/C24H23N7O7S2/c1-24(2,22(36)37)38-29-15(13-10-40-23(25)27-13)18(32)28-16-19(33)31-17(21(34)35)12(9-39-20(16)31)7-11-8-26-30-6-4-3-5-14(11)30/h3-6,8,10,16,20H,7,9H2,1-2H3,(H5,25,27,28,32,34,35,36,37)/b29-15-/t16-,20+/m1/s1. The van der Waals surface area contributed by atoms with Crippen molar-refractivity contribution in [3.8, 4) is 0 Å². The predicted molar refractivity (Wildman–Crippen MR) is 141 cm³/mol. The number of carboxylic acids is 2. The lowest BCUT2D eigenvalue weighted by Gasteiger charge is -2.50. The summed E-state index contributed by atoms with van der Waals surface area (Å²) >= 11 is 2.32. The fourth-order valence-electron chi connectivity index (χ4n) is 4.23. The van der Waals surface area contributed by atoms with Gasteiger partial charge in [0.2, 0.25) is 11.1 Å². The molecule has 40 heavy (non-hydrogen) atoms. The Morgan fingerprint density at radius 1 is 1.40 bits per heavy atom. The van der Waals surface area contributed by atoms with E-state index in [1.165, 1.54) is 31.0 Å². The fourth-order valence-corrected chi connectivity index (χ4v) is 6.12. The number of thiazole rings is 1. The molecule has 1 saturated heterocycles. The summed E-state index contributed by atoms with van der Waals surface area (Å²) in [5, 5.41) is 31.7. The molecule has 208 valence electrons. The highest BCUT2D eigenvalue weighted by atomic mass is 32.2. The third-order valence-corrected chi connectivity index (χ3v) is 8.37. The number of amides is 2. The van der Waals surface area contributed by atoms with Crippen molar-refractivity contribution in [2.75, 3.05) is 11.5 Å². The topological polar surface area (TPSA) is 207 Å². The number of hydrogen-bond acceptors (Lipinski definition) is 11. The number of fused-ring (bicyclic) bond motifs is 2. The number of nitrogens with two attached hydrogens (primary N) is 1. The van der Waals surface area contributed by atoms with Gasteiger partial charge in [0.15, 0.2) is 17.0 Å². The van der Waals surface area contributed by atoms with Crippen LogP contribution in [0.25, 0.3) is 5.52 Å². The lowest BCUT2D eigenvalue weighted by Crippen LogP contribution is -2.71. The van der Waals surface area contributed by atoms with Gasteiger partial charge in [-0.25, -0.2) is 9.78 Å².